The number of hydrogen-bond acceptors (Lipinski definition) is 4. The fraction of sp³-hybridized carbons (Fsp3) is 0.300. The molecule has 0 unspecified atom stereocenters. The molecule has 152 valence electrons. The molecule has 0 aromatic heterocycles. The lowest BCUT2D eigenvalue weighted by molar-refractivity contribution is 0.187. The predicted octanol–water partition coefficient (Wildman–Crippen LogP) is 3.75. The van der Waals surface area contributed by atoms with E-state index >= 15 is 0 Å². The highest BCUT2D eigenvalue weighted by molar-refractivity contribution is 14.0. The summed E-state index contributed by atoms with van der Waals surface area (Å²) in [4.78, 5) is 15.8. The third kappa shape index (κ3) is 7.63. The monoisotopic (exact) mass is 498 g/mol. The predicted molar refractivity (Wildman–Crippen MR) is 123 cm³/mol. The van der Waals surface area contributed by atoms with Gasteiger partial charge in [-0.25, -0.2) is 9.79 Å². The van der Waals surface area contributed by atoms with Crippen molar-refractivity contribution in [2.45, 2.75) is 20.0 Å². The minimum Gasteiger partial charge on any atom is -0.496 e. The molecule has 0 radical (unpaired) electrons. The van der Waals surface area contributed by atoms with Crippen LogP contribution in [0.4, 0.5) is 10.5 Å². The van der Waals surface area contributed by atoms with Crippen LogP contribution in [0.2, 0.25) is 0 Å². The minimum absolute atomic E-state index is 0. The molecule has 3 N–H and O–H groups in total. The first-order valence-corrected chi connectivity index (χ1v) is 8.74. The highest BCUT2D eigenvalue weighted by atomic mass is 127. The molecule has 0 heterocycles. The van der Waals surface area contributed by atoms with Gasteiger partial charge in [-0.1, -0.05) is 30.3 Å². The van der Waals surface area contributed by atoms with E-state index in [0.29, 0.717) is 18.8 Å². The van der Waals surface area contributed by atoms with Gasteiger partial charge >= 0.3 is 6.09 Å². The number of rotatable bonds is 7. The number of ether oxygens (including phenoxy) is 2. The lowest BCUT2D eigenvalue weighted by Gasteiger charge is -2.13. The number of halogens is 1. The number of benzene rings is 2. The molecule has 0 aliphatic carbocycles. The van der Waals surface area contributed by atoms with Gasteiger partial charge in [0.15, 0.2) is 5.96 Å². The molecule has 2 aromatic rings. The average Bonchev–Trinajstić information content (AvgIpc) is 2.71. The molecular weight excluding hydrogens is 471 g/mol. The van der Waals surface area contributed by atoms with E-state index in [-0.39, 0.29) is 24.0 Å². The maximum atomic E-state index is 11.2. The summed E-state index contributed by atoms with van der Waals surface area (Å²) in [6, 6.07) is 15.3. The van der Waals surface area contributed by atoms with Crippen molar-refractivity contribution in [3.05, 3.63) is 59.7 Å². The average molecular weight is 498 g/mol. The van der Waals surface area contributed by atoms with Gasteiger partial charge in [-0.15, -0.1) is 24.0 Å². The van der Waals surface area contributed by atoms with Gasteiger partial charge in [0.2, 0.25) is 0 Å². The van der Waals surface area contributed by atoms with Gasteiger partial charge in [-0.05, 0) is 30.7 Å². The van der Waals surface area contributed by atoms with E-state index in [0.717, 1.165) is 29.4 Å². The lowest BCUT2D eigenvalue weighted by atomic mass is 10.2. The van der Waals surface area contributed by atoms with E-state index in [9.17, 15) is 4.79 Å². The fourth-order valence-corrected chi connectivity index (χ4v) is 2.40. The number of nitrogens with one attached hydrogen (secondary N) is 3. The van der Waals surface area contributed by atoms with E-state index in [1.54, 1.807) is 7.11 Å². The van der Waals surface area contributed by atoms with Gasteiger partial charge in [-0.3, -0.25) is 5.32 Å². The second-order valence-electron chi connectivity index (χ2n) is 5.67. The van der Waals surface area contributed by atoms with Gasteiger partial charge in [0.05, 0.1) is 20.8 Å². The third-order valence-electron chi connectivity index (χ3n) is 3.79. The van der Waals surface area contributed by atoms with E-state index < -0.39 is 6.09 Å². The van der Waals surface area contributed by atoms with E-state index in [1.807, 2.05) is 55.5 Å². The van der Waals surface area contributed by atoms with Crippen molar-refractivity contribution in [2.75, 3.05) is 26.1 Å². The first kappa shape index (κ1) is 23.5. The van der Waals surface area contributed by atoms with Crippen LogP contribution in [0.5, 0.6) is 5.75 Å². The van der Waals surface area contributed by atoms with Gasteiger partial charge in [0.25, 0.3) is 0 Å². The Kier molecular flexibility index (Phi) is 10.8. The standard InChI is InChI=1S/C20H26N4O3.HI/c1-4-21-19(23-14-16-7-5-6-8-18(16)26-2)22-13-15-9-11-17(12-10-15)24-20(25)27-3;/h5-12H,4,13-14H2,1-3H3,(H,24,25)(H2,21,22,23);1H. The zero-order chi connectivity index (χ0) is 19.5. The highest BCUT2D eigenvalue weighted by Crippen LogP contribution is 2.16. The maximum Gasteiger partial charge on any atom is 0.411 e. The smallest absolute Gasteiger partial charge is 0.411 e. The van der Waals surface area contributed by atoms with Crippen LogP contribution in [0.1, 0.15) is 18.1 Å². The quantitative estimate of drug-likeness (QED) is 0.308. The van der Waals surface area contributed by atoms with Crippen molar-refractivity contribution in [2.24, 2.45) is 4.99 Å². The number of methoxy groups -OCH3 is 2. The zero-order valence-electron chi connectivity index (χ0n) is 16.3. The molecule has 0 saturated heterocycles. The van der Waals surface area contributed by atoms with Crippen LogP contribution in [0.15, 0.2) is 53.5 Å². The fourth-order valence-electron chi connectivity index (χ4n) is 2.40. The van der Waals surface area contributed by atoms with Crippen LogP contribution in [-0.4, -0.2) is 32.8 Å². The third-order valence-corrected chi connectivity index (χ3v) is 3.79. The summed E-state index contributed by atoms with van der Waals surface area (Å²) in [6.07, 6.45) is -0.490. The Bertz CT molecular complexity index is 766. The van der Waals surface area contributed by atoms with Gasteiger partial charge in [0.1, 0.15) is 5.75 Å². The zero-order valence-corrected chi connectivity index (χ0v) is 18.7. The number of carbonyl (C=O) groups is 1. The Labute approximate surface area is 182 Å². The number of amides is 1. The normalized spacial score (nSPS) is 10.5. The summed E-state index contributed by atoms with van der Waals surface area (Å²) >= 11 is 0. The second-order valence-corrected chi connectivity index (χ2v) is 5.67. The Morgan fingerprint density at radius 1 is 1.04 bits per heavy atom. The molecule has 8 heteroatoms. The van der Waals surface area contributed by atoms with E-state index in [2.05, 4.69) is 25.7 Å². The number of carbonyl (C=O) groups excluding carboxylic acids is 1. The molecule has 0 fully saturated rings. The van der Waals surface area contributed by atoms with Crippen molar-refractivity contribution in [3.63, 3.8) is 0 Å². The SMILES string of the molecule is CCNC(=NCc1ccc(NC(=O)OC)cc1)NCc1ccccc1OC.I. The van der Waals surface area contributed by atoms with Gasteiger partial charge in [-0.2, -0.15) is 0 Å². The van der Waals surface area contributed by atoms with E-state index in [1.165, 1.54) is 7.11 Å². The molecule has 0 aliphatic rings. The van der Waals surface area contributed by atoms with Crippen molar-refractivity contribution >= 4 is 41.7 Å². The summed E-state index contributed by atoms with van der Waals surface area (Å²) in [6.45, 7) is 3.91. The summed E-state index contributed by atoms with van der Waals surface area (Å²) in [5.74, 6) is 1.56. The molecule has 1 amide bonds. The number of hydrogen-bond donors (Lipinski definition) is 3. The van der Waals surface area contributed by atoms with Gasteiger partial charge in [0, 0.05) is 24.3 Å². The maximum absolute atomic E-state index is 11.2. The number of aliphatic imine (C=N–C) groups is 1. The number of anilines is 1. The molecule has 2 rings (SSSR count). The summed E-state index contributed by atoms with van der Waals surface area (Å²) < 4.78 is 9.95. The van der Waals surface area contributed by atoms with E-state index in [4.69, 9.17) is 4.74 Å². The Balaban J connectivity index is 0.00000392. The molecule has 0 spiro atoms. The molecule has 0 atom stereocenters. The summed E-state index contributed by atoms with van der Waals surface area (Å²) in [7, 11) is 3.00. The molecule has 0 bridgehead atoms. The van der Waals surface area contributed by atoms with Gasteiger partial charge < -0.3 is 20.1 Å². The number of para-hydroxylation sites is 1. The van der Waals surface area contributed by atoms with Crippen molar-refractivity contribution in [3.8, 4) is 5.75 Å². The molecular formula is C20H27IN4O3. The number of nitrogens with zero attached hydrogens (tertiary/aromatic N) is 1. The lowest BCUT2D eigenvalue weighted by Crippen LogP contribution is -2.36. The Morgan fingerprint density at radius 3 is 2.39 bits per heavy atom. The van der Waals surface area contributed by atoms with Crippen molar-refractivity contribution in [1.29, 1.82) is 0 Å². The van der Waals surface area contributed by atoms with Crippen LogP contribution in [0.3, 0.4) is 0 Å². The van der Waals surface area contributed by atoms with Crippen LogP contribution < -0.4 is 20.7 Å². The highest BCUT2D eigenvalue weighted by Gasteiger charge is 2.04. The van der Waals surface area contributed by atoms with Crippen LogP contribution in [-0.2, 0) is 17.8 Å². The first-order chi connectivity index (χ1) is 13.2. The molecule has 2 aromatic carbocycles. The Morgan fingerprint density at radius 2 is 1.75 bits per heavy atom. The molecule has 0 saturated carbocycles. The Hall–Kier alpha value is -2.49. The van der Waals surface area contributed by atoms with Crippen molar-refractivity contribution in [1.82, 2.24) is 10.6 Å². The summed E-state index contributed by atoms with van der Waals surface area (Å²) in [5, 5.41) is 9.16. The molecule has 7 nitrogen and oxygen atoms in total. The minimum atomic E-state index is -0.490. The molecule has 0 aliphatic heterocycles. The number of guanidine groups is 1. The first-order valence-electron chi connectivity index (χ1n) is 8.74. The van der Waals surface area contributed by atoms with Crippen LogP contribution >= 0.6 is 24.0 Å². The molecule has 28 heavy (non-hydrogen) atoms. The topological polar surface area (TPSA) is 84.0 Å². The van der Waals surface area contributed by atoms with Crippen LogP contribution in [0.25, 0.3) is 0 Å². The van der Waals surface area contributed by atoms with Crippen LogP contribution in [0, 0.1) is 0 Å². The second kappa shape index (κ2) is 12.8. The largest absolute Gasteiger partial charge is 0.496 e. The van der Waals surface area contributed by atoms with Crippen molar-refractivity contribution < 1.29 is 14.3 Å². The summed E-state index contributed by atoms with van der Waals surface area (Å²) in [5.41, 5.74) is 2.76.